The van der Waals surface area contributed by atoms with Crippen molar-refractivity contribution >= 4 is 23.2 Å². The van der Waals surface area contributed by atoms with E-state index in [1.165, 1.54) is 0 Å². The molecular weight excluding hydrogens is 139 g/mol. The van der Waals surface area contributed by atoms with E-state index in [1.54, 1.807) is 0 Å². The molecule has 0 heterocycles. The van der Waals surface area contributed by atoms with Gasteiger partial charge in [-0.15, -0.1) is 23.2 Å². The Kier molecular flexibility index (Phi) is 4.99. The highest BCUT2D eigenvalue weighted by molar-refractivity contribution is 6.44. The minimum Gasteiger partial charge on any atom is -0.371 e. The highest BCUT2D eigenvalue weighted by Gasteiger charge is 1.94. The largest absolute Gasteiger partial charge is 0.371 e. The number of ether oxygens (including phenoxy) is 1. The van der Waals surface area contributed by atoms with E-state index in [0.717, 1.165) is 0 Å². The Morgan fingerprint density at radius 1 is 1.57 bits per heavy atom. The molecule has 0 aliphatic heterocycles. The minimum absolute atomic E-state index is 0.180. The summed E-state index contributed by atoms with van der Waals surface area (Å²) in [6.45, 7) is -0.143. The first-order chi connectivity index (χ1) is 3.27. The number of aliphatic hydroxyl groups excluding tert-OH is 1. The number of hydrogen-bond acceptors (Lipinski definition) is 2. The molecule has 0 aliphatic rings. The second-order valence-corrected chi connectivity index (χ2v) is 2.17. The van der Waals surface area contributed by atoms with Gasteiger partial charge in [0.05, 0.1) is 6.61 Å². The van der Waals surface area contributed by atoms with Crippen LogP contribution in [0.4, 0.5) is 0 Å². The summed E-state index contributed by atoms with van der Waals surface area (Å²) in [6, 6.07) is 0. The molecule has 1 N–H and O–H groups in total. The Morgan fingerprint density at radius 3 is 2.29 bits per heavy atom. The van der Waals surface area contributed by atoms with Crippen LogP contribution in [0.15, 0.2) is 0 Å². The van der Waals surface area contributed by atoms with Gasteiger partial charge in [0.2, 0.25) is 0 Å². The van der Waals surface area contributed by atoms with Crippen LogP contribution in [0.2, 0.25) is 0 Å². The van der Waals surface area contributed by atoms with Crippen LogP contribution in [0, 0.1) is 0 Å². The molecule has 44 valence electrons. The smallest absolute Gasteiger partial charge is 0.143 e. The summed E-state index contributed by atoms with van der Waals surface area (Å²) < 4.78 is 4.39. The van der Waals surface area contributed by atoms with Crippen molar-refractivity contribution < 1.29 is 9.84 Å². The zero-order valence-electron chi connectivity index (χ0n) is 3.60. The van der Waals surface area contributed by atoms with Gasteiger partial charge in [0.15, 0.2) is 0 Å². The fourth-order valence-corrected chi connectivity index (χ4v) is 0.320. The summed E-state index contributed by atoms with van der Waals surface area (Å²) in [5.74, 6) is 0. The van der Waals surface area contributed by atoms with E-state index in [0.29, 0.717) is 0 Å². The number of hydrogen-bond donors (Lipinski definition) is 1. The molecule has 0 radical (unpaired) electrons. The molecule has 0 rings (SSSR count). The second kappa shape index (κ2) is 4.65. The van der Waals surface area contributed by atoms with Crippen LogP contribution in [0.1, 0.15) is 0 Å². The van der Waals surface area contributed by atoms with Crippen molar-refractivity contribution in [1.29, 1.82) is 0 Å². The van der Waals surface area contributed by atoms with Crippen LogP contribution in [-0.4, -0.2) is 23.3 Å². The Balaban J connectivity index is 2.68. The van der Waals surface area contributed by atoms with Gasteiger partial charge in [-0.05, 0) is 0 Å². The number of rotatable bonds is 3. The van der Waals surface area contributed by atoms with Gasteiger partial charge < -0.3 is 9.84 Å². The predicted octanol–water partition coefficient (Wildman–Crippen LogP) is 0.756. The van der Waals surface area contributed by atoms with Crippen LogP contribution in [0.25, 0.3) is 0 Å². The topological polar surface area (TPSA) is 29.5 Å². The lowest BCUT2D eigenvalue weighted by Gasteiger charge is -1.96. The molecular formula is C3H6Cl2O2. The summed E-state index contributed by atoms with van der Waals surface area (Å²) >= 11 is 10.4. The molecule has 0 aromatic rings. The zero-order valence-corrected chi connectivity index (χ0v) is 5.11. The highest BCUT2D eigenvalue weighted by Crippen LogP contribution is 1.99. The van der Waals surface area contributed by atoms with E-state index < -0.39 is 4.84 Å². The van der Waals surface area contributed by atoms with Gasteiger partial charge in [0.1, 0.15) is 11.6 Å². The first-order valence-electron chi connectivity index (χ1n) is 1.74. The van der Waals surface area contributed by atoms with Gasteiger partial charge in [0, 0.05) is 0 Å². The number of alkyl halides is 2. The van der Waals surface area contributed by atoms with E-state index in [-0.39, 0.29) is 13.4 Å². The summed E-state index contributed by atoms with van der Waals surface area (Å²) in [7, 11) is 0. The van der Waals surface area contributed by atoms with E-state index in [2.05, 4.69) is 4.74 Å². The van der Waals surface area contributed by atoms with Crippen LogP contribution in [0.5, 0.6) is 0 Å². The monoisotopic (exact) mass is 144 g/mol. The highest BCUT2D eigenvalue weighted by atomic mass is 35.5. The SMILES string of the molecule is OCOCC(Cl)Cl. The standard InChI is InChI=1S/C3H6Cl2O2/c4-3(5)1-7-2-6/h3,6H,1-2H2. The van der Waals surface area contributed by atoms with Crippen LogP contribution >= 0.6 is 23.2 Å². The molecule has 2 nitrogen and oxygen atoms in total. The molecule has 0 unspecified atom stereocenters. The lowest BCUT2D eigenvalue weighted by molar-refractivity contribution is 0.00383. The van der Waals surface area contributed by atoms with Crippen molar-refractivity contribution in [3.63, 3.8) is 0 Å². The maximum Gasteiger partial charge on any atom is 0.143 e. The van der Waals surface area contributed by atoms with Gasteiger partial charge in [-0.1, -0.05) is 0 Å². The Hall–Kier alpha value is 0.500. The first-order valence-corrected chi connectivity index (χ1v) is 2.61. The lowest BCUT2D eigenvalue weighted by Crippen LogP contribution is -2.02. The first kappa shape index (κ1) is 7.50. The quantitative estimate of drug-likeness (QED) is 0.469. The maximum absolute atomic E-state index is 7.98. The van der Waals surface area contributed by atoms with Gasteiger partial charge >= 0.3 is 0 Å². The van der Waals surface area contributed by atoms with Gasteiger partial charge in [-0.3, -0.25) is 0 Å². The predicted molar refractivity (Wildman–Crippen MR) is 28.5 cm³/mol. The van der Waals surface area contributed by atoms with Gasteiger partial charge in [0.25, 0.3) is 0 Å². The third-order valence-electron chi connectivity index (χ3n) is 0.335. The fraction of sp³-hybridized carbons (Fsp3) is 1.00. The van der Waals surface area contributed by atoms with Crippen molar-refractivity contribution in [2.45, 2.75) is 4.84 Å². The van der Waals surface area contributed by atoms with Crippen molar-refractivity contribution in [1.82, 2.24) is 0 Å². The molecule has 0 saturated heterocycles. The summed E-state index contributed by atoms with van der Waals surface area (Å²) in [6.07, 6.45) is 0. The van der Waals surface area contributed by atoms with E-state index >= 15 is 0 Å². The fourth-order valence-electron chi connectivity index (χ4n) is 0.142. The third-order valence-corrected chi connectivity index (χ3v) is 0.587. The number of halogens is 2. The molecule has 0 fully saturated rings. The van der Waals surface area contributed by atoms with Crippen molar-refractivity contribution in [3.8, 4) is 0 Å². The van der Waals surface area contributed by atoms with Gasteiger partial charge in [-0.25, -0.2) is 0 Å². The van der Waals surface area contributed by atoms with E-state index in [1.807, 2.05) is 0 Å². The second-order valence-electron chi connectivity index (χ2n) is 0.891. The summed E-state index contributed by atoms with van der Waals surface area (Å²) in [5.41, 5.74) is 0. The molecule has 0 spiro atoms. The molecule has 0 atom stereocenters. The average Bonchev–Trinajstić information content (AvgIpc) is 1.61. The van der Waals surface area contributed by atoms with E-state index in [9.17, 15) is 0 Å². The van der Waals surface area contributed by atoms with Crippen molar-refractivity contribution in [2.75, 3.05) is 13.4 Å². The Morgan fingerprint density at radius 2 is 2.14 bits per heavy atom. The maximum atomic E-state index is 7.98. The van der Waals surface area contributed by atoms with E-state index in [4.69, 9.17) is 28.3 Å². The molecule has 7 heavy (non-hydrogen) atoms. The van der Waals surface area contributed by atoms with Crippen molar-refractivity contribution in [3.05, 3.63) is 0 Å². The van der Waals surface area contributed by atoms with Crippen LogP contribution < -0.4 is 0 Å². The van der Waals surface area contributed by atoms with Crippen LogP contribution in [0.3, 0.4) is 0 Å². The molecule has 0 bridgehead atoms. The molecule has 0 aromatic carbocycles. The molecule has 0 aliphatic carbocycles. The zero-order chi connectivity index (χ0) is 5.70. The minimum atomic E-state index is -0.535. The Bertz CT molecular complexity index is 39.9. The number of aliphatic hydroxyl groups is 1. The van der Waals surface area contributed by atoms with Crippen molar-refractivity contribution in [2.24, 2.45) is 0 Å². The molecule has 4 heteroatoms. The molecule has 0 amide bonds. The normalized spacial score (nSPS) is 10.3. The van der Waals surface area contributed by atoms with Gasteiger partial charge in [-0.2, -0.15) is 0 Å². The lowest BCUT2D eigenvalue weighted by atomic mass is 10.8. The summed E-state index contributed by atoms with van der Waals surface area (Å²) in [5, 5.41) is 7.98. The Labute approximate surface area is 52.0 Å². The van der Waals surface area contributed by atoms with Crippen LogP contribution in [-0.2, 0) is 4.74 Å². The molecule has 0 saturated carbocycles. The molecule has 0 aromatic heterocycles. The summed E-state index contributed by atoms with van der Waals surface area (Å²) in [4.78, 5) is -0.535. The average molecular weight is 145 g/mol. The third kappa shape index (κ3) is 6.50.